The fraction of sp³-hybridized carbons (Fsp3) is 0.364. The van der Waals surface area contributed by atoms with Gasteiger partial charge in [0.15, 0.2) is 0 Å². The summed E-state index contributed by atoms with van der Waals surface area (Å²) in [6, 6.07) is 16.5. The number of H-pyrrole nitrogens is 1. The SMILES string of the molecule is COOP(=O)(O)C(CCN1Cc2cccc3cccc(c23)C1=O)N[C@@H](CC(C)C)C(=O)N[C@@H](Cc1c[nH]c2ccccc12)C(=O)O. The minimum absolute atomic E-state index is 0.0273. The smallest absolute Gasteiger partial charge is 0.372 e. The Balaban J connectivity index is 1.34. The molecule has 1 aromatic heterocycles. The second-order valence-corrected chi connectivity index (χ2v) is 13.9. The van der Waals surface area contributed by atoms with Gasteiger partial charge in [-0.15, -0.1) is 4.67 Å². The highest BCUT2D eigenvalue weighted by Crippen LogP contribution is 2.48. The summed E-state index contributed by atoms with van der Waals surface area (Å²) in [4.78, 5) is 59.5. The number of aliphatic carboxylic acids is 1. The average Bonchev–Trinajstić information content (AvgIpc) is 3.42. The maximum absolute atomic E-state index is 13.7. The van der Waals surface area contributed by atoms with Gasteiger partial charge in [-0.2, -0.15) is 0 Å². The number of rotatable bonds is 15. The molecule has 2 amide bonds. The van der Waals surface area contributed by atoms with Gasteiger partial charge in [0.25, 0.3) is 5.91 Å². The van der Waals surface area contributed by atoms with E-state index >= 15 is 0 Å². The van der Waals surface area contributed by atoms with E-state index in [-0.39, 0.29) is 37.6 Å². The fourth-order valence-corrected chi connectivity index (χ4v) is 7.21. The minimum Gasteiger partial charge on any atom is -0.480 e. The molecule has 3 aromatic carbocycles. The number of benzene rings is 3. The van der Waals surface area contributed by atoms with Crippen LogP contribution < -0.4 is 10.6 Å². The summed E-state index contributed by atoms with van der Waals surface area (Å²) < 4.78 is 18.1. The first-order valence-corrected chi connectivity index (χ1v) is 16.8. The van der Waals surface area contributed by atoms with Crippen molar-refractivity contribution in [3.8, 4) is 0 Å². The number of carboxylic acids is 1. The molecule has 2 unspecified atom stereocenters. The predicted molar refractivity (Wildman–Crippen MR) is 173 cm³/mol. The Kier molecular flexibility index (Phi) is 10.2. The molecule has 244 valence electrons. The Hall–Kier alpha value is -4.06. The molecule has 5 N–H and O–H groups in total. The van der Waals surface area contributed by atoms with Crippen LogP contribution in [0.25, 0.3) is 21.7 Å². The maximum Gasteiger partial charge on any atom is 0.372 e. The molecule has 46 heavy (non-hydrogen) atoms. The number of hydrogen-bond donors (Lipinski definition) is 5. The van der Waals surface area contributed by atoms with Crippen molar-refractivity contribution in [1.82, 2.24) is 20.5 Å². The molecule has 0 bridgehead atoms. The quantitative estimate of drug-likeness (QED) is 0.0703. The van der Waals surface area contributed by atoms with Gasteiger partial charge in [-0.3, -0.25) is 19.5 Å². The molecule has 1 aliphatic rings. The van der Waals surface area contributed by atoms with Gasteiger partial charge in [0, 0.05) is 42.2 Å². The largest absolute Gasteiger partial charge is 0.480 e. The van der Waals surface area contributed by atoms with E-state index in [0.717, 1.165) is 39.9 Å². The van der Waals surface area contributed by atoms with Gasteiger partial charge in [0.1, 0.15) is 11.8 Å². The van der Waals surface area contributed by atoms with E-state index < -0.39 is 37.3 Å². The van der Waals surface area contributed by atoms with E-state index in [1.165, 1.54) is 0 Å². The molecule has 4 aromatic rings. The Morgan fingerprint density at radius 1 is 1.07 bits per heavy atom. The lowest BCUT2D eigenvalue weighted by molar-refractivity contribution is -0.186. The topological polar surface area (TPSA) is 170 Å². The third kappa shape index (κ3) is 7.32. The van der Waals surface area contributed by atoms with Crippen LogP contribution in [0.2, 0.25) is 0 Å². The van der Waals surface area contributed by atoms with Gasteiger partial charge in [-0.25, -0.2) is 9.68 Å². The second-order valence-electron chi connectivity index (χ2n) is 12.0. The lowest BCUT2D eigenvalue weighted by Gasteiger charge is -2.32. The van der Waals surface area contributed by atoms with E-state index in [1.807, 2.05) is 68.4 Å². The van der Waals surface area contributed by atoms with Crippen LogP contribution in [0, 0.1) is 5.92 Å². The molecule has 5 rings (SSSR count). The van der Waals surface area contributed by atoms with Crippen LogP contribution in [0.1, 0.15) is 48.2 Å². The third-order valence-corrected chi connectivity index (χ3v) is 9.81. The number of carboxylic acid groups (broad SMARTS) is 1. The van der Waals surface area contributed by atoms with Crippen molar-refractivity contribution in [2.24, 2.45) is 5.92 Å². The molecular formula is C33H39N4O8P. The van der Waals surface area contributed by atoms with Gasteiger partial charge in [-0.1, -0.05) is 62.4 Å². The first-order chi connectivity index (χ1) is 22.0. The average molecular weight is 651 g/mol. The number of para-hydroxylation sites is 1. The third-order valence-electron chi connectivity index (χ3n) is 8.25. The molecule has 0 fully saturated rings. The monoisotopic (exact) mass is 650 g/mol. The number of amides is 2. The summed E-state index contributed by atoms with van der Waals surface area (Å²) in [6.45, 7) is 4.15. The van der Waals surface area contributed by atoms with Gasteiger partial charge in [0.2, 0.25) is 5.91 Å². The number of hydrogen-bond acceptors (Lipinski definition) is 7. The molecule has 0 saturated heterocycles. The summed E-state index contributed by atoms with van der Waals surface area (Å²) in [5.74, 6) is -3.42. The van der Waals surface area contributed by atoms with Crippen LogP contribution in [-0.2, 0) is 36.7 Å². The van der Waals surface area contributed by atoms with Crippen LogP contribution in [0.4, 0.5) is 0 Å². The first kappa shape index (κ1) is 33.3. The number of nitrogens with zero attached hydrogens (tertiary/aromatic N) is 1. The zero-order valence-corrected chi connectivity index (χ0v) is 26.8. The number of carbonyl (C=O) groups is 3. The summed E-state index contributed by atoms with van der Waals surface area (Å²) in [5.41, 5.74) is 3.09. The number of aromatic amines is 1. The van der Waals surface area contributed by atoms with Gasteiger partial charge in [-0.05, 0) is 52.8 Å². The fourth-order valence-electron chi connectivity index (χ4n) is 6.08. The van der Waals surface area contributed by atoms with Crippen molar-refractivity contribution in [3.63, 3.8) is 0 Å². The van der Waals surface area contributed by atoms with Crippen LogP contribution in [-0.4, -0.2) is 69.2 Å². The molecule has 1 aliphatic heterocycles. The molecule has 0 saturated carbocycles. The van der Waals surface area contributed by atoms with Crippen molar-refractivity contribution in [1.29, 1.82) is 0 Å². The lowest BCUT2D eigenvalue weighted by atomic mass is 9.94. The highest BCUT2D eigenvalue weighted by Gasteiger charge is 2.39. The van der Waals surface area contributed by atoms with E-state index in [2.05, 4.69) is 20.5 Å². The van der Waals surface area contributed by atoms with Crippen LogP contribution in [0.15, 0.2) is 66.9 Å². The van der Waals surface area contributed by atoms with Crippen LogP contribution in [0.5, 0.6) is 0 Å². The van der Waals surface area contributed by atoms with Gasteiger partial charge < -0.3 is 25.2 Å². The van der Waals surface area contributed by atoms with Crippen LogP contribution >= 0.6 is 7.60 Å². The number of nitrogens with one attached hydrogen (secondary N) is 3. The van der Waals surface area contributed by atoms with E-state index in [1.54, 1.807) is 17.2 Å². The highest BCUT2D eigenvalue weighted by molar-refractivity contribution is 7.53. The molecule has 0 radical (unpaired) electrons. The number of fused-ring (bicyclic) bond motifs is 1. The van der Waals surface area contributed by atoms with Crippen LogP contribution in [0.3, 0.4) is 0 Å². The van der Waals surface area contributed by atoms with Crippen molar-refractivity contribution in [3.05, 3.63) is 83.6 Å². The highest BCUT2D eigenvalue weighted by atomic mass is 31.2. The van der Waals surface area contributed by atoms with E-state index in [0.29, 0.717) is 12.1 Å². The summed E-state index contributed by atoms with van der Waals surface area (Å²) in [5, 5.41) is 18.3. The molecule has 2 heterocycles. The Labute approximate surface area is 266 Å². The Bertz CT molecular complexity index is 1780. The molecule has 4 atom stereocenters. The lowest BCUT2D eigenvalue weighted by Crippen LogP contribution is -2.54. The maximum atomic E-state index is 13.7. The predicted octanol–water partition coefficient (Wildman–Crippen LogP) is 4.57. The zero-order valence-electron chi connectivity index (χ0n) is 25.9. The van der Waals surface area contributed by atoms with E-state index in [9.17, 15) is 28.9 Å². The molecule has 0 aliphatic carbocycles. The molecule has 13 heteroatoms. The number of aromatic nitrogens is 1. The van der Waals surface area contributed by atoms with Crippen molar-refractivity contribution < 1.29 is 38.5 Å². The minimum atomic E-state index is -4.54. The van der Waals surface area contributed by atoms with Gasteiger partial charge in [0.05, 0.1) is 13.2 Å². The van der Waals surface area contributed by atoms with Crippen molar-refractivity contribution in [2.75, 3.05) is 13.7 Å². The molecule has 0 spiro atoms. The summed E-state index contributed by atoms with van der Waals surface area (Å²) in [6.07, 6.45) is 1.92. The van der Waals surface area contributed by atoms with Crippen molar-refractivity contribution in [2.45, 2.75) is 57.5 Å². The zero-order chi connectivity index (χ0) is 33.0. The Morgan fingerprint density at radius 3 is 2.52 bits per heavy atom. The normalized spacial score (nSPS) is 16.4. The Morgan fingerprint density at radius 2 is 1.80 bits per heavy atom. The second kappa shape index (κ2) is 14.1. The van der Waals surface area contributed by atoms with Crippen molar-refractivity contribution >= 4 is 47.1 Å². The first-order valence-electron chi connectivity index (χ1n) is 15.2. The number of carbonyl (C=O) groups excluding carboxylic acids is 2. The summed E-state index contributed by atoms with van der Waals surface area (Å²) in [7, 11) is -3.43. The van der Waals surface area contributed by atoms with E-state index in [4.69, 9.17) is 4.67 Å². The molecular weight excluding hydrogens is 611 g/mol. The van der Waals surface area contributed by atoms with Gasteiger partial charge >= 0.3 is 13.6 Å². The molecule has 12 nitrogen and oxygen atoms in total. The standard InChI is InChI=1S/C33H39N4O8P/c1-20(2)16-27(31(38)36-28(33(40)41)17-23-18-34-26-13-5-4-11-24(23)26)35-29(46(42,43)45-44-3)14-15-37-19-22-10-6-8-21-9-7-12-25(30(21)22)32(37)39/h4-13,18,20,27-29,34-35H,14-17,19H2,1-3H3,(H,36,38)(H,40,41)(H,42,43)/t27-,28-,29?/m0/s1. The summed E-state index contributed by atoms with van der Waals surface area (Å²) >= 11 is 0.